The molecule has 4 heteroatoms. The standard InChI is InChI=1S/C11H24N2O2/c1-4-9(2)10(14)8-13-11(15)6-5-7-12-3/h9-10,12,14H,4-8H2,1-3H3,(H,13,15). The fourth-order valence-corrected chi connectivity index (χ4v) is 1.21. The van der Waals surface area contributed by atoms with Crippen molar-refractivity contribution in [3.05, 3.63) is 0 Å². The second-order valence-corrected chi connectivity index (χ2v) is 3.96. The van der Waals surface area contributed by atoms with Gasteiger partial charge in [-0.05, 0) is 25.9 Å². The van der Waals surface area contributed by atoms with Gasteiger partial charge in [0, 0.05) is 13.0 Å². The zero-order chi connectivity index (χ0) is 11.7. The minimum Gasteiger partial charge on any atom is -0.391 e. The lowest BCUT2D eigenvalue weighted by Gasteiger charge is -2.17. The molecular formula is C11H24N2O2. The SMILES string of the molecule is CCC(C)C(O)CNC(=O)CCCNC. The van der Waals surface area contributed by atoms with Crippen LogP contribution in [0, 0.1) is 5.92 Å². The summed E-state index contributed by atoms with van der Waals surface area (Å²) >= 11 is 0. The molecule has 0 heterocycles. The summed E-state index contributed by atoms with van der Waals surface area (Å²) in [4.78, 5) is 11.3. The summed E-state index contributed by atoms with van der Waals surface area (Å²) in [5.74, 6) is 0.259. The molecule has 0 radical (unpaired) electrons. The van der Waals surface area contributed by atoms with Crippen molar-refractivity contribution in [3.8, 4) is 0 Å². The molecule has 0 aliphatic carbocycles. The van der Waals surface area contributed by atoms with E-state index in [2.05, 4.69) is 10.6 Å². The smallest absolute Gasteiger partial charge is 0.220 e. The number of hydrogen-bond acceptors (Lipinski definition) is 3. The molecule has 0 saturated carbocycles. The van der Waals surface area contributed by atoms with Gasteiger partial charge in [-0.25, -0.2) is 0 Å². The van der Waals surface area contributed by atoms with Gasteiger partial charge < -0.3 is 15.7 Å². The molecule has 1 amide bonds. The molecule has 0 aromatic heterocycles. The predicted molar refractivity (Wildman–Crippen MR) is 61.6 cm³/mol. The molecule has 3 N–H and O–H groups in total. The first-order valence-corrected chi connectivity index (χ1v) is 5.71. The van der Waals surface area contributed by atoms with Gasteiger partial charge in [0.05, 0.1) is 6.10 Å². The van der Waals surface area contributed by atoms with Crippen LogP contribution in [0.2, 0.25) is 0 Å². The minimum atomic E-state index is -0.428. The monoisotopic (exact) mass is 216 g/mol. The van der Waals surface area contributed by atoms with Crippen molar-refractivity contribution in [2.45, 2.75) is 39.2 Å². The minimum absolute atomic E-state index is 0.0209. The molecule has 90 valence electrons. The first-order chi connectivity index (χ1) is 7.11. The van der Waals surface area contributed by atoms with Gasteiger partial charge in [-0.3, -0.25) is 4.79 Å². The first kappa shape index (κ1) is 14.4. The van der Waals surface area contributed by atoms with Crippen molar-refractivity contribution in [1.29, 1.82) is 0 Å². The number of nitrogens with one attached hydrogen (secondary N) is 2. The maximum Gasteiger partial charge on any atom is 0.220 e. The second-order valence-electron chi connectivity index (χ2n) is 3.96. The van der Waals surface area contributed by atoms with E-state index in [4.69, 9.17) is 0 Å². The Morgan fingerprint density at radius 1 is 1.47 bits per heavy atom. The molecule has 2 atom stereocenters. The van der Waals surface area contributed by atoms with E-state index in [1.807, 2.05) is 20.9 Å². The highest BCUT2D eigenvalue weighted by atomic mass is 16.3. The fourth-order valence-electron chi connectivity index (χ4n) is 1.21. The predicted octanol–water partition coefficient (Wildman–Crippen LogP) is 0.509. The molecule has 2 unspecified atom stereocenters. The van der Waals surface area contributed by atoms with Crippen molar-refractivity contribution < 1.29 is 9.90 Å². The maximum atomic E-state index is 11.3. The van der Waals surface area contributed by atoms with Crippen LogP contribution in [0.4, 0.5) is 0 Å². The van der Waals surface area contributed by atoms with Crippen LogP contribution < -0.4 is 10.6 Å². The molecule has 15 heavy (non-hydrogen) atoms. The van der Waals surface area contributed by atoms with Gasteiger partial charge in [0.15, 0.2) is 0 Å². The normalized spacial score (nSPS) is 14.7. The molecule has 0 aliphatic heterocycles. The Kier molecular flexibility index (Phi) is 8.33. The van der Waals surface area contributed by atoms with E-state index in [1.165, 1.54) is 0 Å². The summed E-state index contributed by atoms with van der Waals surface area (Å²) in [5, 5.41) is 15.3. The Labute approximate surface area is 92.4 Å². The van der Waals surface area contributed by atoms with E-state index in [9.17, 15) is 9.90 Å². The van der Waals surface area contributed by atoms with E-state index in [1.54, 1.807) is 0 Å². The van der Waals surface area contributed by atoms with E-state index in [0.717, 1.165) is 19.4 Å². The lowest BCUT2D eigenvalue weighted by molar-refractivity contribution is -0.121. The molecule has 0 aromatic carbocycles. The van der Waals surface area contributed by atoms with Crippen molar-refractivity contribution >= 4 is 5.91 Å². The third kappa shape index (κ3) is 7.33. The van der Waals surface area contributed by atoms with Crippen LogP contribution >= 0.6 is 0 Å². The van der Waals surface area contributed by atoms with Crippen LogP contribution in [0.5, 0.6) is 0 Å². The summed E-state index contributed by atoms with van der Waals surface area (Å²) in [6.45, 7) is 5.23. The maximum absolute atomic E-state index is 11.3. The van der Waals surface area contributed by atoms with Crippen LogP contribution in [-0.2, 0) is 4.79 Å². The van der Waals surface area contributed by atoms with Crippen molar-refractivity contribution in [3.63, 3.8) is 0 Å². The third-order valence-corrected chi connectivity index (χ3v) is 2.64. The summed E-state index contributed by atoms with van der Waals surface area (Å²) in [6, 6.07) is 0. The molecule has 0 rings (SSSR count). The Balaban J connectivity index is 3.52. The Bertz CT molecular complexity index is 174. The molecule has 4 nitrogen and oxygen atoms in total. The largest absolute Gasteiger partial charge is 0.391 e. The number of aliphatic hydroxyl groups is 1. The summed E-state index contributed by atoms with van der Waals surface area (Å²) in [6.07, 6.45) is 1.86. The molecule has 0 aliphatic rings. The Morgan fingerprint density at radius 3 is 2.67 bits per heavy atom. The second kappa shape index (κ2) is 8.68. The van der Waals surface area contributed by atoms with Gasteiger partial charge >= 0.3 is 0 Å². The fraction of sp³-hybridized carbons (Fsp3) is 0.909. The van der Waals surface area contributed by atoms with Gasteiger partial charge in [0.1, 0.15) is 0 Å². The van der Waals surface area contributed by atoms with Gasteiger partial charge in [-0.2, -0.15) is 0 Å². The molecular weight excluding hydrogens is 192 g/mol. The first-order valence-electron chi connectivity index (χ1n) is 5.71. The Morgan fingerprint density at radius 2 is 2.13 bits per heavy atom. The number of hydrogen-bond donors (Lipinski definition) is 3. The summed E-state index contributed by atoms with van der Waals surface area (Å²) in [5.41, 5.74) is 0. The van der Waals surface area contributed by atoms with Gasteiger partial charge in [0.25, 0.3) is 0 Å². The zero-order valence-corrected chi connectivity index (χ0v) is 10.0. The highest BCUT2D eigenvalue weighted by molar-refractivity contribution is 5.75. The van der Waals surface area contributed by atoms with E-state index in [0.29, 0.717) is 13.0 Å². The van der Waals surface area contributed by atoms with Crippen molar-refractivity contribution in [1.82, 2.24) is 10.6 Å². The van der Waals surface area contributed by atoms with Crippen LogP contribution in [-0.4, -0.2) is 37.3 Å². The number of carbonyl (C=O) groups excluding carboxylic acids is 1. The number of aliphatic hydroxyl groups excluding tert-OH is 1. The van der Waals surface area contributed by atoms with Crippen LogP contribution in [0.3, 0.4) is 0 Å². The number of carbonyl (C=O) groups is 1. The van der Waals surface area contributed by atoms with Crippen molar-refractivity contribution in [2.75, 3.05) is 20.1 Å². The van der Waals surface area contributed by atoms with Crippen LogP contribution in [0.25, 0.3) is 0 Å². The molecule has 0 bridgehead atoms. The van der Waals surface area contributed by atoms with E-state index >= 15 is 0 Å². The number of amides is 1. The molecule has 0 spiro atoms. The van der Waals surface area contributed by atoms with E-state index in [-0.39, 0.29) is 11.8 Å². The molecule has 0 fully saturated rings. The van der Waals surface area contributed by atoms with Gasteiger partial charge in [-0.1, -0.05) is 20.3 Å². The third-order valence-electron chi connectivity index (χ3n) is 2.64. The summed E-state index contributed by atoms with van der Waals surface area (Å²) < 4.78 is 0. The molecule has 0 aromatic rings. The van der Waals surface area contributed by atoms with Crippen molar-refractivity contribution in [2.24, 2.45) is 5.92 Å². The summed E-state index contributed by atoms with van der Waals surface area (Å²) in [7, 11) is 1.87. The van der Waals surface area contributed by atoms with Crippen LogP contribution in [0.1, 0.15) is 33.1 Å². The number of rotatable bonds is 8. The zero-order valence-electron chi connectivity index (χ0n) is 10.0. The van der Waals surface area contributed by atoms with Gasteiger partial charge in [-0.15, -0.1) is 0 Å². The lowest BCUT2D eigenvalue weighted by atomic mass is 10.0. The quantitative estimate of drug-likeness (QED) is 0.518. The molecule has 0 saturated heterocycles. The highest BCUT2D eigenvalue weighted by Gasteiger charge is 2.12. The average Bonchev–Trinajstić information content (AvgIpc) is 2.25. The van der Waals surface area contributed by atoms with Gasteiger partial charge in [0.2, 0.25) is 5.91 Å². The van der Waals surface area contributed by atoms with E-state index < -0.39 is 6.10 Å². The highest BCUT2D eigenvalue weighted by Crippen LogP contribution is 2.05. The average molecular weight is 216 g/mol. The Hall–Kier alpha value is -0.610. The lowest BCUT2D eigenvalue weighted by Crippen LogP contribution is -2.35. The van der Waals surface area contributed by atoms with Crippen LogP contribution in [0.15, 0.2) is 0 Å². The topological polar surface area (TPSA) is 61.4 Å².